The summed E-state index contributed by atoms with van der Waals surface area (Å²) in [6.45, 7) is 0.886. The highest BCUT2D eigenvalue weighted by molar-refractivity contribution is 5.77. The van der Waals surface area contributed by atoms with Crippen molar-refractivity contribution in [2.75, 3.05) is 19.5 Å². The lowest BCUT2D eigenvalue weighted by Gasteiger charge is -2.12. The lowest BCUT2D eigenvalue weighted by molar-refractivity contribution is 0.402. The molecule has 0 unspecified atom stereocenters. The van der Waals surface area contributed by atoms with E-state index in [2.05, 4.69) is 37.6 Å². The number of aromatic nitrogens is 4. The van der Waals surface area contributed by atoms with E-state index in [9.17, 15) is 4.39 Å². The molecule has 4 rings (SSSR count). The molecule has 0 aliphatic carbocycles. The number of nitrogens with zero attached hydrogens (tertiary/aromatic N) is 5. The van der Waals surface area contributed by atoms with E-state index in [1.54, 1.807) is 23.1 Å². The molecule has 136 valence electrons. The summed E-state index contributed by atoms with van der Waals surface area (Å²) < 4.78 is 14.8. The Hall–Kier alpha value is -3.32. The van der Waals surface area contributed by atoms with Crippen LogP contribution in [0.25, 0.3) is 22.6 Å². The first-order chi connectivity index (χ1) is 13.1. The van der Waals surface area contributed by atoms with Gasteiger partial charge >= 0.3 is 0 Å². The van der Waals surface area contributed by atoms with E-state index in [0.29, 0.717) is 5.82 Å². The van der Waals surface area contributed by atoms with Gasteiger partial charge in [-0.05, 0) is 43.9 Å². The maximum Gasteiger partial charge on any atom is 0.187 e. The standard InChI is InChI=1S/C20H19FN6/c1-26(2)11-14-3-5-15(6-4-14)19-18-12-27(13-22-20(18)24-23-19)25-17-9-7-16(21)8-10-17/h3-10,12-13,25H,11H2,1-2H3. The van der Waals surface area contributed by atoms with Gasteiger partial charge in [-0.15, -0.1) is 10.2 Å². The van der Waals surface area contributed by atoms with Gasteiger partial charge in [-0.1, -0.05) is 24.3 Å². The summed E-state index contributed by atoms with van der Waals surface area (Å²) >= 11 is 0. The fourth-order valence-electron chi connectivity index (χ4n) is 2.90. The van der Waals surface area contributed by atoms with E-state index in [-0.39, 0.29) is 5.82 Å². The SMILES string of the molecule is CN(C)Cc1ccc(-c2nnc3ncn(Nc4ccc(F)cc4)cc2-3)cc1. The van der Waals surface area contributed by atoms with Gasteiger partial charge in [0.1, 0.15) is 17.8 Å². The van der Waals surface area contributed by atoms with Crippen LogP contribution >= 0.6 is 0 Å². The molecule has 0 aromatic heterocycles. The zero-order valence-corrected chi connectivity index (χ0v) is 15.1. The minimum Gasteiger partial charge on any atom is -0.305 e. The fraction of sp³-hybridized carbons (Fsp3) is 0.150. The van der Waals surface area contributed by atoms with E-state index < -0.39 is 0 Å². The summed E-state index contributed by atoms with van der Waals surface area (Å²) in [6, 6.07) is 14.4. The van der Waals surface area contributed by atoms with Gasteiger partial charge < -0.3 is 4.90 Å². The third kappa shape index (κ3) is 3.78. The van der Waals surface area contributed by atoms with Crippen LogP contribution in [0.2, 0.25) is 0 Å². The molecule has 2 aliphatic heterocycles. The second-order valence-electron chi connectivity index (χ2n) is 6.62. The van der Waals surface area contributed by atoms with Crippen LogP contribution in [0.1, 0.15) is 5.56 Å². The number of hydrogen-bond acceptors (Lipinski definition) is 5. The van der Waals surface area contributed by atoms with Crippen molar-refractivity contribution < 1.29 is 4.39 Å². The second kappa shape index (κ2) is 7.13. The Morgan fingerprint density at radius 1 is 1.00 bits per heavy atom. The van der Waals surface area contributed by atoms with Gasteiger partial charge in [0.25, 0.3) is 0 Å². The molecule has 0 bridgehead atoms. The summed E-state index contributed by atoms with van der Waals surface area (Å²) in [5, 5.41) is 8.47. The summed E-state index contributed by atoms with van der Waals surface area (Å²) in [5.41, 5.74) is 7.75. The van der Waals surface area contributed by atoms with Crippen molar-refractivity contribution in [2.24, 2.45) is 0 Å². The third-order valence-electron chi connectivity index (χ3n) is 4.14. The topological polar surface area (TPSA) is 58.9 Å². The van der Waals surface area contributed by atoms with Crippen LogP contribution in [0.4, 0.5) is 10.1 Å². The van der Waals surface area contributed by atoms with E-state index in [0.717, 1.165) is 29.1 Å². The maximum absolute atomic E-state index is 13.1. The molecular weight excluding hydrogens is 343 g/mol. The third-order valence-corrected chi connectivity index (χ3v) is 4.14. The quantitative estimate of drug-likeness (QED) is 0.589. The monoisotopic (exact) mass is 362 g/mol. The summed E-state index contributed by atoms with van der Waals surface area (Å²) in [5.74, 6) is 0.308. The minimum atomic E-state index is -0.274. The van der Waals surface area contributed by atoms with Crippen LogP contribution in [0, 0.1) is 5.82 Å². The molecule has 2 aromatic carbocycles. The van der Waals surface area contributed by atoms with Crippen molar-refractivity contribution in [3.8, 4) is 22.6 Å². The Kier molecular flexibility index (Phi) is 4.52. The molecule has 0 fully saturated rings. The number of halogens is 1. The predicted octanol–water partition coefficient (Wildman–Crippen LogP) is 3.52. The number of benzene rings is 2. The van der Waals surface area contributed by atoms with Crippen LogP contribution in [-0.4, -0.2) is 38.9 Å². The highest BCUT2D eigenvalue weighted by atomic mass is 19.1. The van der Waals surface area contributed by atoms with Gasteiger partial charge in [-0.25, -0.2) is 9.37 Å². The molecule has 2 heterocycles. The van der Waals surface area contributed by atoms with Crippen molar-refractivity contribution in [2.45, 2.75) is 6.54 Å². The van der Waals surface area contributed by atoms with Crippen LogP contribution in [-0.2, 0) is 6.54 Å². The Labute approximate surface area is 156 Å². The molecule has 0 amide bonds. The van der Waals surface area contributed by atoms with E-state index in [1.807, 2.05) is 32.4 Å². The summed E-state index contributed by atoms with van der Waals surface area (Å²) in [6.07, 6.45) is 3.50. The number of nitrogens with one attached hydrogen (secondary N) is 1. The van der Waals surface area contributed by atoms with Crippen LogP contribution in [0.3, 0.4) is 0 Å². The lowest BCUT2D eigenvalue weighted by Crippen LogP contribution is -2.10. The zero-order chi connectivity index (χ0) is 18.8. The highest BCUT2D eigenvalue weighted by Gasteiger charge is 2.17. The van der Waals surface area contributed by atoms with E-state index in [1.165, 1.54) is 17.7 Å². The molecule has 6 nitrogen and oxygen atoms in total. The number of hydrogen-bond donors (Lipinski definition) is 1. The lowest BCUT2D eigenvalue weighted by atomic mass is 10.1. The predicted molar refractivity (Wildman–Crippen MR) is 103 cm³/mol. The Bertz CT molecular complexity index is 1010. The Morgan fingerprint density at radius 2 is 1.74 bits per heavy atom. The Morgan fingerprint density at radius 3 is 2.44 bits per heavy atom. The van der Waals surface area contributed by atoms with Crippen LogP contribution < -0.4 is 5.43 Å². The first-order valence-electron chi connectivity index (χ1n) is 8.55. The van der Waals surface area contributed by atoms with Gasteiger partial charge in [0.05, 0.1) is 11.3 Å². The summed E-state index contributed by atoms with van der Waals surface area (Å²) in [4.78, 5) is 6.47. The average Bonchev–Trinajstić information content (AvgIpc) is 3.07. The van der Waals surface area contributed by atoms with Crippen LogP contribution in [0.15, 0.2) is 61.1 Å². The van der Waals surface area contributed by atoms with Gasteiger partial charge in [0.15, 0.2) is 5.82 Å². The molecular formula is C20H19FN6. The fourth-order valence-corrected chi connectivity index (χ4v) is 2.90. The van der Waals surface area contributed by atoms with Crippen LogP contribution in [0.5, 0.6) is 0 Å². The highest BCUT2D eigenvalue weighted by Crippen LogP contribution is 2.29. The van der Waals surface area contributed by atoms with Crippen molar-refractivity contribution in [3.05, 3.63) is 72.4 Å². The van der Waals surface area contributed by atoms with Gasteiger partial charge in [-0.2, -0.15) is 0 Å². The summed E-state index contributed by atoms with van der Waals surface area (Å²) in [7, 11) is 4.09. The smallest absolute Gasteiger partial charge is 0.187 e. The van der Waals surface area contributed by atoms with E-state index >= 15 is 0 Å². The maximum atomic E-state index is 13.1. The number of fused-ring (bicyclic) bond motifs is 1. The first kappa shape index (κ1) is 17.1. The number of anilines is 1. The molecule has 0 saturated carbocycles. The largest absolute Gasteiger partial charge is 0.305 e. The zero-order valence-electron chi connectivity index (χ0n) is 15.1. The van der Waals surface area contributed by atoms with Crippen molar-refractivity contribution >= 4 is 5.69 Å². The molecule has 0 saturated heterocycles. The first-order valence-corrected chi connectivity index (χ1v) is 8.55. The molecule has 2 aliphatic rings. The second-order valence-corrected chi connectivity index (χ2v) is 6.62. The molecule has 0 radical (unpaired) electrons. The minimum absolute atomic E-state index is 0.274. The van der Waals surface area contributed by atoms with Gasteiger partial charge in [0, 0.05) is 18.3 Å². The molecule has 27 heavy (non-hydrogen) atoms. The molecule has 7 heteroatoms. The molecule has 2 aromatic rings. The van der Waals surface area contributed by atoms with Gasteiger partial charge in [-0.3, -0.25) is 10.1 Å². The van der Waals surface area contributed by atoms with Crippen molar-refractivity contribution in [1.82, 2.24) is 24.8 Å². The average molecular weight is 362 g/mol. The number of rotatable bonds is 5. The normalized spacial score (nSPS) is 11.3. The molecule has 0 spiro atoms. The molecule has 0 atom stereocenters. The van der Waals surface area contributed by atoms with E-state index in [4.69, 9.17) is 0 Å². The van der Waals surface area contributed by atoms with Crippen molar-refractivity contribution in [1.29, 1.82) is 0 Å². The Balaban J connectivity index is 1.63. The van der Waals surface area contributed by atoms with Gasteiger partial charge in [0.2, 0.25) is 0 Å². The van der Waals surface area contributed by atoms with Crippen molar-refractivity contribution in [3.63, 3.8) is 0 Å². The molecule has 1 N–H and O–H groups in total.